The van der Waals surface area contributed by atoms with Crippen LogP contribution in [0.5, 0.6) is 0 Å². The molecule has 0 radical (unpaired) electrons. The van der Waals surface area contributed by atoms with Gasteiger partial charge in [-0.1, -0.05) is 11.8 Å². The van der Waals surface area contributed by atoms with Crippen molar-refractivity contribution in [1.29, 1.82) is 0 Å². The molecule has 0 saturated carbocycles. The summed E-state index contributed by atoms with van der Waals surface area (Å²) >= 11 is 1.20. The molecular weight excluding hydrogens is 268 g/mol. The number of esters is 2. The summed E-state index contributed by atoms with van der Waals surface area (Å²) in [5, 5.41) is 0.540. The van der Waals surface area contributed by atoms with Gasteiger partial charge in [0.05, 0.1) is 25.3 Å². The van der Waals surface area contributed by atoms with Gasteiger partial charge in [-0.15, -0.1) is 0 Å². The first-order valence-corrected chi connectivity index (χ1v) is 6.55. The molecule has 0 amide bonds. The maximum Gasteiger partial charge on any atom is 0.358 e. The van der Waals surface area contributed by atoms with Crippen molar-refractivity contribution in [1.82, 2.24) is 9.97 Å². The van der Waals surface area contributed by atoms with E-state index in [1.807, 2.05) is 0 Å². The molecule has 0 fully saturated rings. The first kappa shape index (κ1) is 15.4. The van der Waals surface area contributed by atoms with Crippen LogP contribution in [-0.4, -0.2) is 40.4 Å². The third-order valence-electron chi connectivity index (χ3n) is 1.78. The molecule has 7 heteroatoms. The third kappa shape index (κ3) is 5.69. The number of hydrogen-bond donors (Lipinski definition) is 0. The van der Waals surface area contributed by atoms with Gasteiger partial charge < -0.3 is 9.47 Å². The van der Waals surface area contributed by atoms with Crippen LogP contribution in [0.4, 0.5) is 0 Å². The number of carbonyl (C=O) groups excluding carboxylic acids is 2. The quantitative estimate of drug-likeness (QED) is 0.615. The van der Waals surface area contributed by atoms with Crippen LogP contribution in [0.3, 0.4) is 0 Å². The van der Waals surface area contributed by atoms with Crippen LogP contribution in [0.25, 0.3) is 0 Å². The van der Waals surface area contributed by atoms with Crippen molar-refractivity contribution in [2.75, 3.05) is 12.9 Å². The number of carbonyl (C=O) groups is 2. The van der Waals surface area contributed by atoms with Gasteiger partial charge in [0.1, 0.15) is 10.6 Å². The van der Waals surface area contributed by atoms with Gasteiger partial charge >= 0.3 is 11.9 Å². The van der Waals surface area contributed by atoms with E-state index >= 15 is 0 Å². The average Bonchev–Trinajstić information content (AvgIpc) is 2.34. The molecule has 0 aliphatic heterocycles. The molecule has 19 heavy (non-hydrogen) atoms. The van der Waals surface area contributed by atoms with Crippen molar-refractivity contribution in [3.63, 3.8) is 0 Å². The van der Waals surface area contributed by atoms with E-state index in [2.05, 4.69) is 14.7 Å². The van der Waals surface area contributed by atoms with Gasteiger partial charge in [0.25, 0.3) is 0 Å². The van der Waals surface area contributed by atoms with Crippen molar-refractivity contribution in [2.24, 2.45) is 0 Å². The van der Waals surface area contributed by atoms with E-state index in [4.69, 9.17) is 4.74 Å². The Morgan fingerprint density at radius 3 is 2.42 bits per heavy atom. The Morgan fingerprint density at radius 2 is 1.95 bits per heavy atom. The van der Waals surface area contributed by atoms with Crippen molar-refractivity contribution in [2.45, 2.75) is 31.4 Å². The molecule has 6 nitrogen and oxygen atoms in total. The van der Waals surface area contributed by atoms with E-state index in [1.54, 1.807) is 20.8 Å². The van der Waals surface area contributed by atoms with E-state index in [0.717, 1.165) is 0 Å². The van der Waals surface area contributed by atoms with Gasteiger partial charge in [-0.3, -0.25) is 4.79 Å². The molecule has 0 unspecified atom stereocenters. The zero-order chi connectivity index (χ0) is 14.5. The number of nitrogens with zero attached hydrogens (tertiary/aromatic N) is 2. The highest BCUT2D eigenvalue weighted by molar-refractivity contribution is 7.99. The monoisotopic (exact) mass is 284 g/mol. The summed E-state index contributed by atoms with van der Waals surface area (Å²) in [6.45, 7) is 5.42. The minimum atomic E-state index is -0.545. The first-order valence-electron chi connectivity index (χ1n) is 5.57. The van der Waals surface area contributed by atoms with E-state index in [9.17, 15) is 9.59 Å². The summed E-state index contributed by atoms with van der Waals surface area (Å²) in [7, 11) is 1.27. The van der Waals surface area contributed by atoms with Gasteiger partial charge in [-0.25, -0.2) is 14.8 Å². The Labute approximate surface area is 115 Å². The van der Waals surface area contributed by atoms with Gasteiger partial charge in [0, 0.05) is 0 Å². The highest BCUT2D eigenvalue weighted by atomic mass is 32.2. The summed E-state index contributed by atoms with van der Waals surface area (Å²) in [5.74, 6) is -0.726. The predicted molar refractivity (Wildman–Crippen MR) is 69.9 cm³/mol. The van der Waals surface area contributed by atoms with Crippen LogP contribution >= 0.6 is 11.8 Å². The molecule has 1 heterocycles. The number of ether oxygens (including phenoxy) is 2. The van der Waals surface area contributed by atoms with E-state index < -0.39 is 11.6 Å². The molecule has 1 rings (SSSR count). The van der Waals surface area contributed by atoms with E-state index in [1.165, 1.54) is 31.3 Å². The topological polar surface area (TPSA) is 78.4 Å². The Kier molecular flexibility index (Phi) is 5.29. The van der Waals surface area contributed by atoms with Crippen molar-refractivity contribution >= 4 is 23.7 Å². The molecule has 1 aromatic heterocycles. The lowest BCUT2D eigenvalue weighted by molar-refractivity contribution is -0.151. The van der Waals surface area contributed by atoms with Gasteiger partial charge in [-0.2, -0.15) is 0 Å². The van der Waals surface area contributed by atoms with Crippen molar-refractivity contribution in [3.8, 4) is 0 Å². The molecule has 0 N–H and O–H groups in total. The number of aromatic nitrogens is 2. The normalized spacial score (nSPS) is 10.9. The molecule has 0 aliphatic rings. The standard InChI is InChI=1S/C12H16N2O4S/c1-12(2,3)18-10(15)7-19-9-6-13-8(5-14-9)11(16)17-4/h5-6H,7H2,1-4H3. The Morgan fingerprint density at radius 1 is 1.26 bits per heavy atom. The highest BCUT2D eigenvalue weighted by Crippen LogP contribution is 2.16. The fraction of sp³-hybridized carbons (Fsp3) is 0.500. The Hall–Kier alpha value is -1.63. The van der Waals surface area contributed by atoms with Crippen LogP contribution in [0.15, 0.2) is 17.4 Å². The van der Waals surface area contributed by atoms with Gasteiger partial charge in [-0.05, 0) is 20.8 Å². The van der Waals surface area contributed by atoms with Crippen molar-refractivity contribution in [3.05, 3.63) is 18.1 Å². The molecule has 0 saturated heterocycles. The summed E-state index contributed by atoms with van der Waals surface area (Å²) in [4.78, 5) is 30.5. The lowest BCUT2D eigenvalue weighted by atomic mass is 10.2. The van der Waals surface area contributed by atoms with Crippen molar-refractivity contribution < 1.29 is 19.1 Å². The second-order valence-corrected chi connectivity index (χ2v) is 5.60. The van der Waals surface area contributed by atoms with Crippen LogP contribution in [0.2, 0.25) is 0 Å². The zero-order valence-corrected chi connectivity index (χ0v) is 12.1. The van der Waals surface area contributed by atoms with Crippen LogP contribution in [-0.2, 0) is 14.3 Å². The molecule has 0 spiro atoms. The van der Waals surface area contributed by atoms with E-state index in [0.29, 0.717) is 5.03 Å². The average molecular weight is 284 g/mol. The molecule has 0 bridgehead atoms. The molecule has 1 aromatic rings. The first-order chi connectivity index (χ1) is 8.81. The lowest BCUT2D eigenvalue weighted by Crippen LogP contribution is -2.24. The van der Waals surface area contributed by atoms with Gasteiger partial charge in [0.2, 0.25) is 0 Å². The third-order valence-corrected chi connectivity index (χ3v) is 2.67. The molecule has 0 atom stereocenters. The largest absolute Gasteiger partial charge is 0.464 e. The molecule has 104 valence electrons. The minimum Gasteiger partial charge on any atom is -0.464 e. The van der Waals surface area contributed by atoms with Crippen LogP contribution in [0, 0.1) is 0 Å². The summed E-state index contributed by atoms with van der Waals surface area (Å²) < 4.78 is 9.66. The fourth-order valence-corrected chi connectivity index (χ4v) is 1.68. The van der Waals surface area contributed by atoms with Crippen LogP contribution in [0.1, 0.15) is 31.3 Å². The number of methoxy groups -OCH3 is 1. The summed E-state index contributed by atoms with van der Waals surface area (Å²) in [5.41, 5.74) is -0.373. The number of thioether (sulfide) groups is 1. The molecule has 0 aliphatic carbocycles. The second-order valence-electron chi connectivity index (χ2n) is 4.61. The summed E-state index contributed by atoms with van der Waals surface area (Å²) in [6, 6.07) is 0. The minimum absolute atomic E-state index is 0.129. The fourth-order valence-electron chi connectivity index (χ4n) is 1.10. The summed E-state index contributed by atoms with van der Waals surface area (Å²) in [6.07, 6.45) is 2.73. The smallest absolute Gasteiger partial charge is 0.358 e. The lowest BCUT2D eigenvalue weighted by Gasteiger charge is -2.19. The maximum absolute atomic E-state index is 11.5. The number of rotatable bonds is 4. The SMILES string of the molecule is COC(=O)c1cnc(SCC(=O)OC(C)(C)C)cn1. The molecule has 0 aromatic carbocycles. The molecular formula is C12H16N2O4S. The van der Waals surface area contributed by atoms with E-state index in [-0.39, 0.29) is 17.4 Å². The predicted octanol–water partition coefficient (Wildman–Crippen LogP) is 1.70. The zero-order valence-electron chi connectivity index (χ0n) is 11.3. The maximum atomic E-state index is 11.5. The van der Waals surface area contributed by atoms with Crippen LogP contribution < -0.4 is 0 Å². The van der Waals surface area contributed by atoms with Gasteiger partial charge in [0.15, 0.2) is 5.69 Å². The number of hydrogen-bond acceptors (Lipinski definition) is 7. The Bertz CT molecular complexity index is 454. The highest BCUT2D eigenvalue weighted by Gasteiger charge is 2.16. The Balaban J connectivity index is 2.50. The second kappa shape index (κ2) is 6.51.